The van der Waals surface area contributed by atoms with E-state index in [1.54, 1.807) is 11.1 Å². The highest BCUT2D eigenvalue weighted by molar-refractivity contribution is 6.04. The molecule has 0 radical (unpaired) electrons. The third-order valence-electron chi connectivity index (χ3n) is 6.35. The minimum atomic E-state index is 1.05. The molecule has 4 aromatic carbocycles. The van der Waals surface area contributed by atoms with Gasteiger partial charge in [-0.15, -0.1) is 0 Å². The zero-order valence-corrected chi connectivity index (χ0v) is 15.2. The molecule has 0 saturated carbocycles. The zero-order valence-electron chi connectivity index (χ0n) is 15.2. The van der Waals surface area contributed by atoms with Gasteiger partial charge in [-0.1, -0.05) is 66.2 Å². The molecule has 26 heavy (non-hydrogen) atoms. The van der Waals surface area contributed by atoms with E-state index in [0.717, 1.165) is 12.8 Å². The van der Waals surface area contributed by atoms with E-state index in [-0.39, 0.29) is 0 Å². The average molecular weight is 332 g/mol. The fourth-order valence-electron chi connectivity index (χ4n) is 5.11. The van der Waals surface area contributed by atoms with Crippen LogP contribution in [0.25, 0.3) is 33.0 Å². The second-order valence-corrected chi connectivity index (χ2v) is 7.90. The topological polar surface area (TPSA) is 0 Å². The Hall–Kier alpha value is -2.86. The van der Waals surface area contributed by atoms with E-state index in [1.165, 1.54) is 55.3 Å². The molecule has 2 aliphatic rings. The summed E-state index contributed by atoms with van der Waals surface area (Å²) < 4.78 is 0. The lowest BCUT2D eigenvalue weighted by molar-refractivity contribution is 1.12. The summed E-state index contributed by atoms with van der Waals surface area (Å²) in [6.45, 7) is 4.41. The molecule has 4 aromatic rings. The summed E-state index contributed by atoms with van der Waals surface area (Å²) >= 11 is 0. The molecular weight excluding hydrogens is 312 g/mol. The van der Waals surface area contributed by atoms with E-state index in [9.17, 15) is 0 Å². The first-order valence-electron chi connectivity index (χ1n) is 9.47. The Morgan fingerprint density at radius 1 is 0.615 bits per heavy atom. The average Bonchev–Trinajstić information content (AvgIpc) is 3.02. The number of fused-ring (bicyclic) bond motifs is 6. The summed E-state index contributed by atoms with van der Waals surface area (Å²) in [6.07, 6.45) is 2.13. The molecular formula is C26H20. The summed E-state index contributed by atoms with van der Waals surface area (Å²) in [5.41, 5.74) is 14.5. The lowest BCUT2D eigenvalue weighted by atomic mass is 9.80. The quantitative estimate of drug-likeness (QED) is 0.294. The van der Waals surface area contributed by atoms with Crippen molar-refractivity contribution >= 4 is 10.8 Å². The van der Waals surface area contributed by atoms with E-state index < -0.39 is 0 Å². The van der Waals surface area contributed by atoms with Crippen molar-refractivity contribution in [2.75, 3.05) is 0 Å². The number of hydrogen-bond acceptors (Lipinski definition) is 0. The predicted octanol–water partition coefficient (Wildman–Crippen LogP) is 6.60. The molecule has 0 saturated heterocycles. The zero-order chi connectivity index (χ0) is 17.4. The lowest BCUT2D eigenvalue weighted by Crippen LogP contribution is -2.05. The largest absolute Gasteiger partial charge is 0.0613 e. The standard InChI is InChI=1S/C26H20/c1-15-6-8-20-18(12-15)14-25-21(20)10-11-22-23-9-7-16(2)19-5-3-4-17(26(19)23)13-24(22)25/h3-12H,13-14H2,1-2H3. The first-order valence-corrected chi connectivity index (χ1v) is 9.47. The number of benzene rings is 4. The van der Waals surface area contributed by atoms with Crippen LogP contribution in [0, 0.1) is 13.8 Å². The maximum Gasteiger partial charge on any atom is -0.00102 e. The molecule has 2 aliphatic carbocycles. The molecule has 0 bridgehead atoms. The molecule has 0 N–H and O–H groups in total. The van der Waals surface area contributed by atoms with Crippen molar-refractivity contribution in [2.24, 2.45) is 0 Å². The van der Waals surface area contributed by atoms with Gasteiger partial charge in [-0.2, -0.15) is 0 Å². The third kappa shape index (κ3) is 1.74. The molecule has 0 atom stereocenters. The van der Waals surface area contributed by atoms with Crippen LogP contribution in [-0.2, 0) is 12.8 Å². The molecule has 0 aromatic heterocycles. The molecule has 0 aliphatic heterocycles. The second-order valence-electron chi connectivity index (χ2n) is 7.90. The summed E-state index contributed by atoms with van der Waals surface area (Å²) in [5.74, 6) is 0. The van der Waals surface area contributed by atoms with Crippen molar-refractivity contribution in [3.63, 3.8) is 0 Å². The Morgan fingerprint density at radius 3 is 2.15 bits per heavy atom. The van der Waals surface area contributed by atoms with Crippen LogP contribution in [0.2, 0.25) is 0 Å². The van der Waals surface area contributed by atoms with Gasteiger partial charge in [-0.25, -0.2) is 0 Å². The molecule has 0 unspecified atom stereocenters. The highest BCUT2D eigenvalue weighted by atomic mass is 14.3. The lowest BCUT2D eigenvalue weighted by Gasteiger charge is -2.24. The van der Waals surface area contributed by atoms with Gasteiger partial charge in [0.05, 0.1) is 0 Å². The predicted molar refractivity (Wildman–Crippen MR) is 110 cm³/mol. The fourth-order valence-corrected chi connectivity index (χ4v) is 5.11. The first kappa shape index (κ1) is 14.3. The summed E-state index contributed by atoms with van der Waals surface area (Å²) in [7, 11) is 0. The molecule has 0 heterocycles. The van der Waals surface area contributed by atoms with E-state index >= 15 is 0 Å². The Morgan fingerprint density at radius 2 is 1.31 bits per heavy atom. The Kier molecular flexibility index (Phi) is 2.68. The van der Waals surface area contributed by atoms with Crippen LogP contribution in [-0.4, -0.2) is 0 Å². The maximum atomic E-state index is 2.36. The van der Waals surface area contributed by atoms with Gasteiger partial charge in [0.2, 0.25) is 0 Å². The molecule has 0 spiro atoms. The SMILES string of the molecule is Cc1ccc2c(c1)Cc1c-2ccc2c1Cc1cccc3c(C)ccc-2c13. The van der Waals surface area contributed by atoms with Gasteiger partial charge < -0.3 is 0 Å². The summed E-state index contributed by atoms with van der Waals surface area (Å²) in [5, 5.41) is 2.87. The van der Waals surface area contributed by atoms with Crippen molar-refractivity contribution in [1.29, 1.82) is 0 Å². The maximum absolute atomic E-state index is 2.36. The molecule has 0 amide bonds. The van der Waals surface area contributed by atoms with Crippen molar-refractivity contribution in [2.45, 2.75) is 26.7 Å². The Bertz CT molecular complexity index is 1240. The van der Waals surface area contributed by atoms with Crippen molar-refractivity contribution in [3.8, 4) is 22.3 Å². The Balaban J connectivity index is 1.66. The van der Waals surface area contributed by atoms with Crippen molar-refractivity contribution in [3.05, 3.63) is 94.0 Å². The van der Waals surface area contributed by atoms with Gasteiger partial charge in [0.25, 0.3) is 0 Å². The summed E-state index contributed by atoms with van der Waals surface area (Å²) in [4.78, 5) is 0. The van der Waals surface area contributed by atoms with Crippen LogP contribution < -0.4 is 0 Å². The van der Waals surface area contributed by atoms with Gasteiger partial charge in [-0.3, -0.25) is 0 Å². The van der Waals surface area contributed by atoms with Crippen LogP contribution >= 0.6 is 0 Å². The first-order chi connectivity index (χ1) is 12.7. The number of rotatable bonds is 0. The minimum absolute atomic E-state index is 1.05. The fraction of sp³-hybridized carbons (Fsp3) is 0.154. The number of aryl methyl sites for hydroxylation is 2. The van der Waals surface area contributed by atoms with Gasteiger partial charge in [0.1, 0.15) is 0 Å². The minimum Gasteiger partial charge on any atom is -0.0613 e. The van der Waals surface area contributed by atoms with Crippen molar-refractivity contribution < 1.29 is 0 Å². The molecule has 0 nitrogen and oxygen atoms in total. The van der Waals surface area contributed by atoms with E-state index in [2.05, 4.69) is 74.5 Å². The molecule has 124 valence electrons. The highest BCUT2D eigenvalue weighted by Crippen LogP contribution is 2.47. The van der Waals surface area contributed by atoms with Gasteiger partial charge in [0, 0.05) is 0 Å². The molecule has 0 heteroatoms. The van der Waals surface area contributed by atoms with Crippen LogP contribution in [0.15, 0.2) is 60.7 Å². The van der Waals surface area contributed by atoms with Crippen LogP contribution in [0.4, 0.5) is 0 Å². The normalized spacial score (nSPS) is 13.5. The molecule has 6 rings (SSSR count). The van der Waals surface area contributed by atoms with Crippen LogP contribution in [0.5, 0.6) is 0 Å². The second kappa shape index (κ2) is 4.86. The van der Waals surface area contributed by atoms with Gasteiger partial charge in [0.15, 0.2) is 0 Å². The van der Waals surface area contributed by atoms with Gasteiger partial charge >= 0.3 is 0 Å². The van der Waals surface area contributed by atoms with E-state index in [1.807, 2.05) is 0 Å². The van der Waals surface area contributed by atoms with E-state index in [0.29, 0.717) is 0 Å². The highest BCUT2D eigenvalue weighted by Gasteiger charge is 2.27. The number of hydrogen-bond donors (Lipinski definition) is 0. The Labute approximate surface area is 154 Å². The van der Waals surface area contributed by atoms with E-state index in [4.69, 9.17) is 0 Å². The van der Waals surface area contributed by atoms with Crippen LogP contribution in [0.1, 0.15) is 33.4 Å². The van der Waals surface area contributed by atoms with Crippen molar-refractivity contribution in [1.82, 2.24) is 0 Å². The summed E-state index contributed by atoms with van der Waals surface area (Å²) in [6, 6.07) is 23.1. The molecule has 0 fully saturated rings. The van der Waals surface area contributed by atoms with Crippen LogP contribution in [0.3, 0.4) is 0 Å². The van der Waals surface area contributed by atoms with Gasteiger partial charge in [-0.05, 0) is 87.5 Å². The smallest absolute Gasteiger partial charge is 0.00102 e. The third-order valence-corrected chi connectivity index (χ3v) is 6.35. The monoisotopic (exact) mass is 332 g/mol.